The zero-order valence-electron chi connectivity index (χ0n) is 11.4. The van der Waals surface area contributed by atoms with Gasteiger partial charge in [0.15, 0.2) is 6.17 Å². The molecule has 2 unspecified atom stereocenters. The average molecular weight is 267 g/mol. The molecule has 2 N–H and O–H groups in total. The van der Waals surface area contributed by atoms with Crippen LogP contribution < -0.4 is 10.6 Å². The highest BCUT2D eigenvalue weighted by Gasteiger charge is 2.38. The van der Waals surface area contributed by atoms with Crippen molar-refractivity contribution < 1.29 is 4.79 Å². The molecule has 0 fully saturated rings. The number of benzene rings is 1. The minimum atomic E-state index is -0.849. The molecule has 0 spiro atoms. The summed E-state index contributed by atoms with van der Waals surface area (Å²) in [6, 6.07) is 7.75. The number of anilines is 1. The summed E-state index contributed by atoms with van der Waals surface area (Å²) in [5.74, 6) is -0.173. The van der Waals surface area contributed by atoms with Gasteiger partial charge >= 0.3 is 0 Å². The highest BCUT2D eigenvalue weighted by Crippen LogP contribution is 2.34. The van der Waals surface area contributed by atoms with Gasteiger partial charge in [0.25, 0.3) is 5.91 Å². The smallest absolute Gasteiger partial charge is 0.267 e. The molecule has 1 aromatic carbocycles. The van der Waals surface area contributed by atoms with Crippen LogP contribution in [0.15, 0.2) is 53.6 Å². The standard InChI is InChI=1S/C16H17N3O/c1-16(9-5-2-6-10-16)19-13-8-4-3-7-12(13)11-18-14(17)15(19)20/h2-9,11,14H,10,17H2,1H3. The van der Waals surface area contributed by atoms with Crippen molar-refractivity contribution in [3.05, 3.63) is 54.1 Å². The molecule has 1 aliphatic carbocycles. The second-order valence-corrected chi connectivity index (χ2v) is 5.30. The van der Waals surface area contributed by atoms with Gasteiger partial charge < -0.3 is 5.73 Å². The SMILES string of the molecule is CC1(N2C(=O)C(N)N=Cc3ccccc32)C=CC=CC1. The van der Waals surface area contributed by atoms with Crippen LogP contribution in [0.2, 0.25) is 0 Å². The summed E-state index contributed by atoms with van der Waals surface area (Å²) in [5.41, 5.74) is 7.25. The van der Waals surface area contributed by atoms with Gasteiger partial charge in [-0.3, -0.25) is 14.7 Å². The first kappa shape index (κ1) is 12.8. The normalized spacial score (nSPS) is 28.4. The Labute approximate surface area is 118 Å². The van der Waals surface area contributed by atoms with E-state index in [-0.39, 0.29) is 5.91 Å². The predicted octanol–water partition coefficient (Wildman–Crippen LogP) is 2.01. The molecule has 4 nitrogen and oxygen atoms in total. The summed E-state index contributed by atoms with van der Waals surface area (Å²) < 4.78 is 0. The summed E-state index contributed by atoms with van der Waals surface area (Å²) in [7, 11) is 0. The fourth-order valence-corrected chi connectivity index (χ4v) is 2.68. The number of fused-ring (bicyclic) bond motifs is 1. The number of nitrogens with two attached hydrogens (primary N) is 1. The first-order valence-electron chi connectivity index (χ1n) is 6.68. The van der Waals surface area contributed by atoms with Crippen molar-refractivity contribution in [2.24, 2.45) is 10.7 Å². The Hall–Kier alpha value is -2.20. The van der Waals surface area contributed by atoms with E-state index in [1.165, 1.54) is 0 Å². The summed E-state index contributed by atoms with van der Waals surface area (Å²) >= 11 is 0. The van der Waals surface area contributed by atoms with Crippen LogP contribution in [-0.4, -0.2) is 23.8 Å². The molecule has 0 saturated carbocycles. The molecular formula is C16H17N3O. The zero-order chi connectivity index (χ0) is 14.2. The van der Waals surface area contributed by atoms with Crippen molar-refractivity contribution in [2.45, 2.75) is 25.0 Å². The number of amides is 1. The number of aliphatic imine (C=N–C) groups is 1. The number of allylic oxidation sites excluding steroid dienone is 2. The number of para-hydroxylation sites is 1. The number of benzodiazepines with no additional fused rings is 1. The van der Waals surface area contributed by atoms with E-state index < -0.39 is 11.7 Å². The lowest BCUT2D eigenvalue weighted by Gasteiger charge is -2.40. The van der Waals surface area contributed by atoms with Gasteiger partial charge in [0, 0.05) is 11.8 Å². The number of hydrogen-bond donors (Lipinski definition) is 1. The van der Waals surface area contributed by atoms with Gasteiger partial charge in [-0.15, -0.1) is 0 Å². The molecule has 0 radical (unpaired) electrons. The van der Waals surface area contributed by atoms with E-state index in [9.17, 15) is 4.79 Å². The molecule has 1 aliphatic heterocycles. The van der Waals surface area contributed by atoms with Gasteiger partial charge in [-0.05, 0) is 19.4 Å². The molecular weight excluding hydrogens is 250 g/mol. The molecule has 20 heavy (non-hydrogen) atoms. The maximum absolute atomic E-state index is 12.6. The summed E-state index contributed by atoms with van der Waals surface area (Å²) in [6.07, 6.45) is 9.66. The van der Waals surface area contributed by atoms with Gasteiger partial charge in [0.2, 0.25) is 0 Å². The molecule has 2 atom stereocenters. The second-order valence-electron chi connectivity index (χ2n) is 5.30. The van der Waals surface area contributed by atoms with E-state index >= 15 is 0 Å². The fourth-order valence-electron chi connectivity index (χ4n) is 2.68. The number of hydrogen-bond acceptors (Lipinski definition) is 3. The number of carbonyl (C=O) groups is 1. The Morgan fingerprint density at radius 3 is 2.90 bits per heavy atom. The minimum Gasteiger partial charge on any atom is -0.302 e. The topological polar surface area (TPSA) is 58.7 Å². The van der Waals surface area contributed by atoms with Crippen LogP contribution >= 0.6 is 0 Å². The fraction of sp³-hybridized carbons (Fsp3) is 0.250. The third-order valence-electron chi connectivity index (χ3n) is 3.77. The molecule has 1 aromatic rings. The maximum atomic E-state index is 12.6. The minimum absolute atomic E-state index is 0.173. The van der Waals surface area contributed by atoms with Crippen LogP contribution in [0, 0.1) is 0 Å². The van der Waals surface area contributed by atoms with Crippen molar-refractivity contribution >= 4 is 17.8 Å². The molecule has 2 aliphatic rings. The van der Waals surface area contributed by atoms with Crippen molar-refractivity contribution in [3.8, 4) is 0 Å². The van der Waals surface area contributed by atoms with Crippen LogP contribution in [0.1, 0.15) is 18.9 Å². The van der Waals surface area contributed by atoms with Crippen LogP contribution in [0.5, 0.6) is 0 Å². The quantitative estimate of drug-likeness (QED) is 0.846. The van der Waals surface area contributed by atoms with Gasteiger partial charge in [-0.2, -0.15) is 0 Å². The van der Waals surface area contributed by atoms with E-state index in [1.54, 1.807) is 11.1 Å². The Morgan fingerprint density at radius 1 is 1.35 bits per heavy atom. The Kier molecular flexibility index (Phi) is 3.03. The second kappa shape index (κ2) is 4.72. The van der Waals surface area contributed by atoms with E-state index in [0.717, 1.165) is 17.7 Å². The van der Waals surface area contributed by atoms with E-state index in [2.05, 4.69) is 11.1 Å². The number of rotatable bonds is 1. The maximum Gasteiger partial charge on any atom is 0.267 e. The Bertz CT molecular complexity index is 632. The van der Waals surface area contributed by atoms with E-state index in [0.29, 0.717) is 0 Å². The largest absolute Gasteiger partial charge is 0.302 e. The highest BCUT2D eigenvalue weighted by atomic mass is 16.2. The number of carbonyl (C=O) groups excluding carboxylic acids is 1. The molecule has 4 heteroatoms. The van der Waals surface area contributed by atoms with Gasteiger partial charge in [-0.25, -0.2) is 0 Å². The Morgan fingerprint density at radius 2 is 2.15 bits per heavy atom. The van der Waals surface area contributed by atoms with Crippen LogP contribution in [-0.2, 0) is 4.79 Å². The lowest BCUT2D eigenvalue weighted by Crippen LogP contribution is -2.54. The average Bonchev–Trinajstić information content (AvgIpc) is 2.58. The van der Waals surface area contributed by atoms with Gasteiger partial charge in [-0.1, -0.05) is 42.5 Å². The lowest BCUT2D eigenvalue weighted by atomic mass is 9.90. The summed E-state index contributed by atoms with van der Waals surface area (Å²) in [4.78, 5) is 18.6. The van der Waals surface area contributed by atoms with Gasteiger partial charge in [0.05, 0.1) is 11.2 Å². The predicted molar refractivity (Wildman–Crippen MR) is 80.8 cm³/mol. The summed E-state index contributed by atoms with van der Waals surface area (Å²) in [6.45, 7) is 2.04. The molecule has 0 aromatic heterocycles. The first-order valence-corrected chi connectivity index (χ1v) is 6.68. The van der Waals surface area contributed by atoms with Crippen LogP contribution in [0.3, 0.4) is 0 Å². The lowest BCUT2D eigenvalue weighted by molar-refractivity contribution is -0.120. The third-order valence-corrected chi connectivity index (χ3v) is 3.77. The molecule has 1 heterocycles. The summed E-state index contributed by atoms with van der Waals surface area (Å²) in [5, 5.41) is 0. The van der Waals surface area contributed by atoms with E-state index in [4.69, 9.17) is 5.73 Å². The van der Waals surface area contributed by atoms with Crippen molar-refractivity contribution in [1.29, 1.82) is 0 Å². The molecule has 102 valence electrons. The van der Waals surface area contributed by atoms with Crippen molar-refractivity contribution in [3.63, 3.8) is 0 Å². The third kappa shape index (κ3) is 1.98. The van der Waals surface area contributed by atoms with Crippen molar-refractivity contribution in [2.75, 3.05) is 4.90 Å². The van der Waals surface area contributed by atoms with Crippen molar-refractivity contribution in [1.82, 2.24) is 0 Å². The van der Waals surface area contributed by atoms with Crippen LogP contribution in [0.4, 0.5) is 5.69 Å². The highest BCUT2D eigenvalue weighted by molar-refractivity contribution is 6.06. The monoisotopic (exact) mass is 267 g/mol. The Balaban J connectivity index is 2.15. The van der Waals surface area contributed by atoms with Crippen LogP contribution in [0.25, 0.3) is 0 Å². The molecule has 0 bridgehead atoms. The molecule has 1 amide bonds. The zero-order valence-corrected chi connectivity index (χ0v) is 11.4. The van der Waals surface area contributed by atoms with Gasteiger partial charge in [0.1, 0.15) is 0 Å². The molecule has 0 saturated heterocycles. The number of nitrogens with zero attached hydrogens (tertiary/aromatic N) is 2. The first-order chi connectivity index (χ1) is 9.62. The van der Waals surface area contributed by atoms with E-state index in [1.807, 2.05) is 49.4 Å². The molecule has 3 rings (SSSR count).